The minimum Gasteiger partial charge on any atom is -0.308 e. The number of hydrogen-bond acceptors (Lipinski definition) is 3. The predicted octanol–water partition coefficient (Wildman–Crippen LogP) is 2.22. The molecule has 0 N–H and O–H groups in total. The van der Waals surface area contributed by atoms with Gasteiger partial charge in [0.05, 0.1) is 5.70 Å². The summed E-state index contributed by atoms with van der Waals surface area (Å²) in [6.07, 6.45) is 1.92. The third-order valence-corrected chi connectivity index (χ3v) is 3.54. The van der Waals surface area contributed by atoms with Gasteiger partial charge in [-0.05, 0) is 6.08 Å². The normalized spacial score (nSPS) is 20.9. The zero-order valence-electron chi connectivity index (χ0n) is 10.5. The molecule has 0 aromatic heterocycles. The summed E-state index contributed by atoms with van der Waals surface area (Å²) in [5, 5.41) is 0.225. The van der Waals surface area contributed by atoms with Gasteiger partial charge in [-0.25, -0.2) is 0 Å². The van der Waals surface area contributed by atoms with E-state index in [0.717, 1.165) is 0 Å². The number of carbonyl (C=O) groups is 2. The molecule has 1 aliphatic heterocycles. The van der Waals surface area contributed by atoms with Crippen molar-refractivity contribution >= 4 is 23.5 Å². The average molecular weight is 241 g/mol. The molecule has 3 nitrogen and oxygen atoms in total. The van der Waals surface area contributed by atoms with Gasteiger partial charge in [0, 0.05) is 30.4 Å². The van der Waals surface area contributed by atoms with Crippen molar-refractivity contribution in [3.8, 4) is 0 Å². The molecule has 1 unspecified atom stereocenters. The van der Waals surface area contributed by atoms with Gasteiger partial charge < -0.3 is 4.90 Å². The smallest absolute Gasteiger partial charge is 0.224 e. The molecule has 4 heteroatoms. The van der Waals surface area contributed by atoms with Crippen molar-refractivity contribution in [3.05, 3.63) is 11.8 Å². The fourth-order valence-electron chi connectivity index (χ4n) is 1.73. The standard InChI is InChI=1S/C12H19NO2S/c1-8(14)11-6-10(16-12(3,4)5)7-13(11)9(2)15/h6,10H,7H2,1-5H3. The highest BCUT2D eigenvalue weighted by molar-refractivity contribution is 8.01. The molecule has 0 aromatic rings. The van der Waals surface area contributed by atoms with E-state index in [1.807, 2.05) is 6.08 Å². The summed E-state index contributed by atoms with van der Waals surface area (Å²) in [6, 6.07) is 0. The first-order valence-corrected chi connectivity index (χ1v) is 6.27. The van der Waals surface area contributed by atoms with E-state index >= 15 is 0 Å². The molecule has 0 aromatic carbocycles. The van der Waals surface area contributed by atoms with Gasteiger partial charge in [-0.2, -0.15) is 0 Å². The Labute approximate surface area is 101 Å². The molecule has 1 atom stereocenters. The maximum Gasteiger partial charge on any atom is 0.224 e. The van der Waals surface area contributed by atoms with Crippen LogP contribution in [0.1, 0.15) is 34.6 Å². The van der Waals surface area contributed by atoms with Crippen molar-refractivity contribution in [2.45, 2.75) is 44.6 Å². The molecule has 1 heterocycles. The molecule has 0 saturated heterocycles. The van der Waals surface area contributed by atoms with Crippen LogP contribution in [0.25, 0.3) is 0 Å². The number of hydrogen-bond donors (Lipinski definition) is 0. The second kappa shape index (κ2) is 4.62. The van der Waals surface area contributed by atoms with E-state index in [9.17, 15) is 9.59 Å². The molecule has 1 amide bonds. The number of thioether (sulfide) groups is 1. The van der Waals surface area contributed by atoms with Crippen molar-refractivity contribution in [3.63, 3.8) is 0 Å². The summed E-state index contributed by atoms with van der Waals surface area (Å²) in [6.45, 7) is 10.0. The molecule has 0 spiro atoms. The number of amides is 1. The van der Waals surface area contributed by atoms with E-state index in [1.165, 1.54) is 13.8 Å². The molecule has 0 fully saturated rings. The van der Waals surface area contributed by atoms with E-state index in [1.54, 1.807) is 16.7 Å². The Kier molecular flexibility index (Phi) is 3.84. The lowest BCUT2D eigenvalue weighted by Gasteiger charge is -2.23. The summed E-state index contributed by atoms with van der Waals surface area (Å²) >= 11 is 1.78. The highest BCUT2D eigenvalue weighted by Crippen LogP contribution is 2.34. The lowest BCUT2D eigenvalue weighted by molar-refractivity contribution is -0.129. The van der Waals surface area contributed by atoms with Crippen LogP contribution < -0.4 is 0 Å². The van der Waals surface area contributed by atoms with Gasteiger partial charge in [-0.3, -0.25) is 9.59 Å². The Morgan fingerprint density at radius 1 is 1.38 bits per heavy atom. The third kappa shape index (κ3) is 3.37. The van der Waals surface area contributed by atoms with Crippen molar-refractivity contribution in [1.82, 2.24) is 4.90 Å². The number of carbonyl (C=O) groups excluding carboxylic acids is 2. The van der Waals surface area contributed by atoms with E-state index in [2.05, 4.69) is 20.8 Å². The van der Waals surface area contributed by atoms with Crippen LogP contribution in [-0.4, -0.2) is 33.1 Å². The number of rotatable bonds is 2. The number of Topliss-reactive ketones (excluding diaryl/α,β-unsaturated/α-hetero) is 1. The molecular formula is C12H19NO2S. The Balaban J connectivity index is 2.82. The van der Waals surface area contributed by atoms with Crippen LogP contribution in [0.15, 0.2) is 11.8 Å². The molecule has 0 bridgehead atoms. The van der Waals surface area contributed by atoms with Crippen LogP contribution in [0.3, 0.4) is 0 Å². The summed E-state index contributed by atoms with van der Waals surface area (Å²) in [7, 11) is 0. The van der Waals surface area contributed by atoms with Gasteiger partial charge >= 0.3 is 0 Å². The van der Waals surface area contributed by atoms with Crippen LogP contribution >= 0.6 is 11.8 Å². The molecule has 90 valence electrons. The first-order valence-electron chi connectivity index (χ1n) is 5.39. The number of allylic oxidation sites excluding steroid dienone is 1. The molecule has 16 heavy (non-hydrogen) atoms. The van der Waals surface area contributed by atoms with Crippen LogP contribution in [0, 0.1) is 0 Å². The minimum atomic E-state index is -0.0570. The fraction of sp³-hybridized carbons (Fsp3) is 0.667. The fourth-order valence-corrected chi connectivity index (χ4v) is 3.06. The van der Waals surface area contributed by atoms with E-state index in [-0.39, 0.29) is 21.7 Å². The van der Waals surface area contributed by atoms with Crippen LogP contribution in [-0.2, 0) is 9.59 Å². The molecule has 1 rings (SSSR count). The molecular weight excluding hydrogens is 222 g/mol. The lowest BCUT2D eigenvalue weighted by Crippen LogP contribution is -2.30. The quantitative estimate of drug-likeness (QED) is 0.744. The highest BCUT2D eigenvalue weighted by Gasteiger charge is 2.31. The largest absolute Gasteiger partial charge is 0.308 e. The van der Waals surface area contributed by atoms with Gasteiger partial charge in [0.2, 0.25) is 5.91 Å². The first-order chi connectivity index (χ1) is 7.20. The first kappa shape index (κ1) is 13.3. The Morgan fingerprint density at radius 2 is 1.94 bits per heavy atom. The Hall–Kier alpha value is -0.770. The maximum absolute atomic E-state index is 11.4. The molecule has 0 aliphatic carbocycles. The van der Waals surface area contributed by atoms with Crippen molar-refractivity contribution in [1.29, 1.82) is 0 Å². The number of ketones is 1. The lowest BCUT2D eigenvalue weighted by atomic mass is 10.3. The predicted molar refractivity (Wildman–Crippen MR) is 67.3 cm³/mol. The summed E-state index contributed by atoms with van der Waals surface area (Å²) in [5.74, 6) is -0.0920. The molecule has 0 radical (unpaired) electrons. The van der Waals surface area contributed by atoms with Gasteiger partial charge in [0.1, 0.15) is 0 Å². The van der Waals surface area contributed by atoms with E-state index < -0.39 is 0 Å². The molecule has 1 aliphatic rings. The second-order valence-electron chi connectivity index (χ2n) is 5.01. The van der Waals surface area contributed by atoms with Gasteiger partial charge in [0.15, 0.2) is 5.78 Å². The van der Waals surface area contributed by atoms with Gasteiger partial charge in [-0.1, -0.05) is 20.8 Å². The average Bonchev–Trinajstić information content (AvgIpc) is 2.44. The zero-order valence-corrected chi connectivity index (χ0v) is 11.4. The van der Waals surface area contributed by atoms with Gasteiger partial charge in [0.25, 0.3) is 0 Å². The van der Waals surface area contributed by atoms with Gasteiger partial charge in [-0.15, -0.1) is 11.8 Å². The summed E-state index contributed by atoms with van der Waals surface area (Å²) in [5.41, 5.74) is 0.550. The second-order valence-corrected chi connectivity index (χ2v) is 7.07. The highest BCUT2D eigenvalue weighted by atomic mass is 32.2. The van der Waals surface area contributed by atoms with Crippen LogP contribution in [0.2, 0.25) is 0 Å². The number of nitrogens with zero attached hydrogens (tertiary/aromatic N) is 1. The Bertz CT molecular complexity index is 341. The maximum atomic E-state index is 11.4. The monoisotopic (exact) mass is 241 g/mol. The van der Waals surface area contributed by atoms with E-state index in [0.29, 0.717) is 12.2 Å². The SMILES string of the molecule is CC(=O)C1=CC(SC(C)(C)C)CN1C(C)=O. The van der Waals surface area contributed by atoms with Crippen molar-refractivity contribution < 1.29 is 9.59 Å². The topological polar surface area (TPSA) is 37.4 Å². The van der Waals surface area contributed by atoms with E-state index in [4.69, 9.17) is 0 Å². The molecule has 0 saturated carbocycles. The van der Waals surface area contributed by atoms with Crippen LogP contribution in [0.4, 0.5) is 0 Å². The minimum absolute atomic E-state index is 0.0350. The van der Waals surface area contributed by atoms with Crippen molar-refractivity contribution in [2.24, 2.45) is 0 Å². The van der Waals surface area contributed by atoms with Crippen LogP contribution in [0.5, 0.6) is 0 Å². The summed E-state index contributed by atoms with van der Waals surface area (Å²) in [4.78, 5) is 24.4. The summed E-state index contributed by atoms with van der Waals surface area (Å²) < 4.78 is 0.135. The van der Waals surface area contributed by atoms with Crippen molar-refractivity contribution in [2.75, 3.05) is 6.54 Å². The Morgan fingerprint density at radius 3 is 2.25 bits per heavy atom. The zero-order chi connectivity index (χ0) is 12.5. The third-order valence-electron chi connectivity index (χ3n) is 2.24.